The monoisotopic (exact) mass is 282 g/mol. The summed E-state index contributed by atoms with van der Waals surface area (Å²) in [5.74, 6) is -1.66. The molecule has 1 aromatic carbocycles. The molecule has 20 heavy (non-hydrogen) atoms. The van der Waals surface area contributed by atoms with Crippen LogP contribution in [-0.4, -0.2) is 42.0 Å². The maximum absolute atomic E-state index is 13.5. The van der Waals surface area contributed by atoms with Crippen LogP contribution in [0.1, 0.15) is 24.2 Å². The van der Waals surface area contributed by atoms with Crippen LogP contribution in [0.15, 0.2) is 18.2 Å². The van der Waals surface area contributed by atoms with E-state index in [2.05, 4.69) is 5.32 Å². The average molecular weight is 282 g/mol. The highest BCUT2D eigenvalue weighted by molar-refractivity contribution is 5.96. The zero-order chi connectivity index (χ0) is 15.3. The van der Waals surface area contributed by atoms with Crippen molar-refractivity contribution in [3.05, 3.63) is 29.6 Å². The smallest absolute Gasteiger partial charge is 0.257 e. The third-order valence-electron chi connectivity index (χ3n) is 2.62. The van der Waals surface area contributed by atoms with Crippen molar-refractivity contribution in [3.63, 3.8) is 0 Å². The number of benzene rings is 1. The molecule has 1 rings (SSSR count). The van der Waals surface area contributed by atoms with E-state index < -0.39 is 11.7 Å². The van der Waals surface area contributed by atoms with Crippen LogP contribution in [0.4, 0.5) is 4.39 Å². The highest BCUT2D eigenvalue weighted by Gasteiger charge is 2.18. The first kappa shape index (κ1) is 15.9. The van der Waals surface area contributed by atoms with E-state index in [1.165, 1.54) is 19.2 Å². The number of likely N-dealkylation sites (N-methyl/N-ethyl adjacent to an activating group) is 1. The molecule has 1 aromatic rings. The molecule has 6 heteroatoms. The van der Waals surface area contributed by atoms with Gasteiger partial charge in [0.1, 0.15) is 11.6 Å². The SMILES string of the molecule is CC(C)CNC(=O)CN(C)C(=O)c1ccc(O)cc1F. The zero-order valence-electron chi connectivity index (χ0n) is 11.8. The molecule has 0 heterocycles. The van der Waals surface area contributed by atoms with Gasteiger partial charge in [-0.05, 0) is 18.1 Å². The summed E-state index contributed by atoms with van der Waals surface area (Å²) in [5, 5.41) is 11.8. The Morgan fingerprint density at radius 3 is 2.60 bits per heavy atom. The second-order valence-electron chi connectivity index (χ2n) is 5.02. The number of carbonyl (C=O) groups is 2. The first-order valence-electron chi connectivity index (χ1n) is 6.32. The summed E-state index contributed by atoms with van der Waals surface area (Å²) in [5.41, 5.74) is -0.179. The molecule has 0 spiro atoms. The molecule has 0 atom stereocenters. The van der Waals surface area contributed by atoms with Gasteiger partial charge in [-0.3, -0.25) is 9.59 Å². The fourth-order valence-electron chi connectivity index (χ4n) is 1.54. The molecule has 110 valence electrons. The molecule has 0 aliphatic heterocycles. The van der Waals surface area contributed by atoms with Crippen LogP contribution in [0.25, 0.3) is 0 Å². The zero-order valence-corrected chi connectivity index (χ0v) is 11.8. The molecule has 0 saturated heterocycles. The van der Waals surface area contributed by atoms with E-state index in [1.807, 2.05) is 13.8 Å². The number of phenols is 1. The van der Waals surface area contributed by atoms with E-state index in [0.29, 0.717) is 12.5 Å². The van der Waals surface area contributed by atoms with E-state index in [-0.39, 0.29) is 23.8 Å². The first-order chi connectivity index (χ1) is 9.31. The van der Waals surface area contributed by atoms with Gasteiger partial charge in [0, 0.05) is 19.7 Å². The van der Waals surface area contributed by atoms with Gasteiger partial charge in [0.25, 0.3) is 5.91 Å². The normalized spacial score (nSPS) is 10.4. The fourth-order valence-corrected chi connectivity index (χ4v) is 1.54. The lowest BCUT2D eigenvalue weighted by Crippen LogP contribution is -2.39. The Labute approximate surface area is 117 Å². The second-order valence-corrected chi connectivity index (χ2v) is 5.02. The van der Waals surface area contributed by atoms with Crippen molar-refractivity contribution in [2.75, 3.05) is 20.1 Å². The van der Waals surface area contributed by atoms with E-state index in [9.17, 15) is 14.0 Å². The Bertz CT molecular complexity index is 503. The fraction of sp³-hybridized carbons (Fsp3) is 0.429. The lowest BCUT2D eigenvalue weighted by Gasteiger charge is -2.17. The molecule has 0 radical (unpaired) electrons. The number of rotatable bonds is 5. The highest BCUT2D eigenvalue weighted by Crippen LogP contribution is 2.16. The van der Waals surface area contributed by atoms with Gasteiger partial charge >= 0.3 is 0 Å². The van der Waals surface area contributed by atoms with Crippen molar-refractivity contribution in [1.82, 2.24) is 10.2 Å². The minimum Gasteiger partial charge on any atom is -0.508 e. The molecule has 0 fully saturated rings. The summed E-state index contributed by atoms with van der Waals surface area (Å²) in [7, 11) is 1.42. The highest BCUT2D eigenvalue weighted by atomic mass is 19.1. The number of nitrogens with zero attached hydrogens (tertiary/aromatic N) is 1. The van der Waals surface area contributed by atoms with Crippen molar-refractivity contribution in [3.8, 4) is 5.75 Å². The van der Waals surface area contributed by atoms with Gasteiger partial charge in [-0.25, -0.2) is 4.39 Å². The van der Waals surface area contributed by atoms with Crippen LogP contribution in [0.2, 0.25) is 0 Å². The average Bonchev–Trinajstić information content (AvgIpc) is 2.35. The largest absolute Gasteiger partial charge is 0.508 e. The standard InChI is InChI=1S/C14H19FN2O3/c1-9(2)7-16-13(19)8-17(3)14(20)11-5-4-10(18)6-12(11)15/h4-6,9,18H,7-8H2,1-3H3,(H,16,19). The molecule has 0 aliphatic rings. The Kier molecular flexibility index (Phi) is 5.49. The predicted molar refractivity (Wildman–Crippen MR) is 72.9 cm³/mol. The third kappa shape index (κ3) is 4.53. The number of nitrogens with one attached hydrogen (secondary N) is 1. The summed E-state index contributed by atoms with van der Waals surface area (Å²) in [6.45, 7) is 4.29. The summed E-state index contributed by atoms with van der Waals surface area (Å²) >= 11 is 0. The lowest BCUT2D eigenvalue weighted by molar-refractivity contribution is -0.121. The van der Waals surface area contributed by atoms with Gasteiger partial charge < -0.3 is 15.3 Å². The molecule has 0 unspecified atom stereocenters. The Morgan fingerprint density at radius 1 is 1.40 bits per heavy atom. The van der Waals surface area contributed by atoms with E-state index >= 15 is 0 Å². The molecule has 2 N–H and O–H groups in total. The third-order valence-corrected chi connectivity index (χ3v) is 2.62. The number of carbonyl (C=O) groups excluding carboxylic acids is 2. The number of amides is 2. The van der Waals surface area contributed by atoms with Crippen molar-refractivity contribution in [1.29, 1.82) is 0 Å². The molecule has 5 nitrogen and oxygen atoms in total. The molecule has 0 saturated carbocycles. The molecule has 0 bridgehead atoms. The molecular formula is C14H19FN2O3. The minimum atomic E-state index is -0.815. The van der Waals surface area contributed by atoms with Crippen molar-refractivity contribution >= 4 is 11.8 Å². The van der Waals surface area contributed by atoms with Crippen molar-refractivity contribution < 1.29 is 19.1 Å². The number of phenolic OH excluding ortho intramolecular Hbond substituents is 1. The van der Waals surface area contributed by atoms with Crippen molar-refractivity contribution in [2.24, 2.45) is 5.92 Å². The lowest BCUT2D eigenvalue weighted by atomic mass is 10.2. The van der Waals surface area contributed by atoms with Crippen LogP contribution in [0.3, 0.4) is 0 Å². The first-order valence-corrected chi connectivity index (χ1v) is 6.32. The topological polar surface area (TPSA) is 69.6 Å². The summed E-state index contributed by atoms with van der Waals surface area (Å²) in [6, 6.07) is 3.28. The second kappa shape index (κ2) is 6.88. The maximum atomic E-state index is 13.5. The summed E-state index contributed by atoms with van der Waals surface area (Å²) in [4.78, 5) is 24.7. The van der Waals surface area contributed by atoms with E-state index in [4.69, 9.17) is 5.11 Å². The van der Waals surface area contributed by atoms with Crippen LogP contribution in [-0.2, 0) is 4.79 Å². The minimum absolute atomic E-state index is 0.147. The molecule has 0 aromatic heterocycles. The molecule has 0 aliphatic carbocycles. The van der Waals surface area contributed by atoms with Gasteiger partial charge in [-0.1, -0.05) is 13.8 Å². The molecule has 2 amide bonds. The number of aromatic hydroxyl groups is 1. The predicted octanol–water partition coefficient (Wildman–Crippen LogP) is 1.38. The number of hydrogen-bond acceptors (Lipinski definition) is 3. The van der Waals surface area contributed by atoms with E-state index in [0.717, 1.165) is 11.0 Å². The van der Waals surface area contributed by atoms with Crippen LogP contribution in [0.5, 0.6) is 5.75 Å². The molecular weight excluding hydrogens is 263 g/mol. The van der Waals surface area contributed by atoms with Gasteiger partial charge in [-0.2, -0.15) is 0 Å². The quantitative estimate of drug-likeness (QED) is 0.857. The van der Waals surface area contributed by atoms with Crippen LogP contribution in [0, 0.1) is 11.7 Å². The van der Waals surface area contributed by atoms with Crippen LogP contribution < -0.4 is 5.32 Å². The summed E-state index contributed by atoms with van der Waals surface area (Å²) in [6.07, 6.45) is 0. The van der Waals surface area contributed by atoms with Crippen molar-refractivity contribution in [2.45, 2.75) is 13.8 Å². The van der Waals surface area contributed by atoms with Crippen LogP contribution >= 0.6 is 0 Å². The summed E-state index contributed by atoms with van der Waals surface area (Å²) < 4.78 is 13.5. The Morgan fingerprint density at radius 2 is 2.05 bits per heavy atom. The van der Waals surface area contributed by atoms with Gasteiger partial charge in [0.05, 0.1) is 12.1 Å². The van der Waals surface area contributed by atoms with E-state index in [1.54, 1.807) is 0 Å². The van der Waals surface area contributed by atoms with Gasteiger partial charge in [0.15, 0.2) is 0 Å². The Balaban J connectivity index is 2.65. The van der Waals surface area contributed by atoms with Gasteiger partial charge in [-0.15, -0.1) is 0 Å². The Hall–Kier alpha value is -2.11. The van der Waals surface area contributed by atoms with Gasteiger partial charge in [0.2, 0.25) is 5.91 Å². The number of hydrogen-bond donors (Lipinski definition) is 2. The number of halogens is 1. The maximum Gasteiger partial charge on any atom is 0.257 e.